The molecule has 0 aliphatic heterocycles. The highest BCUT2D eigenvalue weighted by Crippen LogP contribution is 2.30. The maximum Gasteiger partial charge on any atom is 0.416 e. The van der Waals surface area contributed by atoms with Gasteiger partial charge in [-0.25, -0.2) is 4.98 Å². The number of carbonyl (C=O) groups is 2. The van der Waals surface area contributed by atoms with Crippen LogP contribution < -0.4 is 0 Å². The molecule has 0 saturated heterocycles. The first-order chi connectivity index (χ1) is 7.21. The van der Waals surface area contributed by atoms with Gasteiger partial charge in [-0.2, -0.15) is 13.2 Å². The van der Waals surface area contributed by atoms with Gasteiger partial charge in [0.05, 0.1) is 5.56 Å². The third kappa shape index (κ3) is 2.65. The van der Waals surface area contributed by atoms with E-state index in [9.17, 15) is 22.8 Å². The molecule has 0 fully saturated rings. The van der Waals surface area contributed by atoms with Crippen molar-refractivity contribution < 1.29 is 22.8 Å². The number of nitrogens with zero attached hydrogens (tertiary/aromatic N) is 1. The summed E-state index contributed by atoms with van der Waals surface area (Å²) in [5.41, 5.74) is -1.77. The molecule has 0 amide bonds. The quantitative estimate of drug-likeness (QED) is 0.734. The van der Waals surface area contributed by atoms with Gasteiger partial charge in [-0.3, -0.25) is 9.59 Å². The second kappa shape index (κ2) is 4.03. The van der Waals surface area contributed by atoms with Gasteiger partial charge < -0.3 is 0 Å². The van der Waals surface area contributed by atoms with Crippen molar-refractivity contribution in [3.05, 3.63) is 29.1 Å². The molecular weight excluding hydrogens is 223 g/mol. The van der Waals surface area contributed by atoms with Crippen molar-refractivity contribution in [1.82, 2.24) is 4.98 Å². The number of alkyl halides is 3. The monoisotopic (exact) mass is 231 g/mol. The van der Waals surface area contributed by atoms with E-state index in [1.807, 2.05) is 0 Å². The average molecular weight is 231 g/mol. The molecule has 0 aliphatic carbocycles. The Hall–Kier alpha value is -1.72. The maximum atomic E-state index is 12.4. The van der Waals surface area contributed by atoms with Crippen LogP contribution in [0.2, 0.25) is 0 Å². The van der Waals surface area contributed by atoms with E-state index >= 15 is 0 Å². The number of Topliss-reactive ketones (excluding diaryl/α,β-unsaturated/α-hetero) is 2. The number of ketones is 2. The highest BCUT2D eigenvalue weighted by Gasteiger charge is 2.32. The van der Waals surface area contributed by atoms with E-state index in [1.165, 1.54) is 0 Å². The smallest absolute Gasteiger partial charge is 0.293 e. The van der Waals surface area contributed by atoms with Gasteiger partial charge >= 0.3 is 6.18 Å². The number of carbonyl (C=O) groups excluding carboxylic acids is 2. The Morgan fingerprint density at radius 2 is 1.44 bits per heavy atom. The molecule has 0 unspecified atom stereocenters. The fourth-order valence-corrected chi connectivity index (χ4v) is 1.05. The molecule has 0 aromatic carbocycles. The summed E-state index contributed by atoms with van der Waals surface area (Å²) >= 11 is 0. The second-order valence-corrected chi connectivity index (χ2v) is 3.24. The van der Waals surface area contributed by atoms with Crippen molar-refractivity contribution in [2.45, 2.75) is 20.0 Å². The predicted molar refractivity (Wildman–Crippen MR) is 49.2 cm³/mol. The number of hydrogen-bond donors (Lipinski definition) is 0. The third-order valence-electron chi connectivity index (χ3n) is 1.87. The summed E-state index contributed by atoms with van der Waals surface area (Å²) in [6.45, 7) is 2.18. The fourth-order valence-electron chi connectivity index (χ4n) is 1.05. The van der Waals surface area contributed by atoms with Crippen LogP contribution in [-0.2, 0) is 6.18 Å². The molecule has 0 aliphatic rings. The van der Waals surface area contributed by atoms with Gasteiger partial charge in [0.25, 0.3) is 0 Å². The lowest BCUT2D eigenvalue weighted by molar-refractivity contribution is -0.137. The standard InChI is InChI=1S/C10H8F3NO2/c1-5(15)8-3-7(10(11,12)13)4-9(14-8)6(2)16/h3-4H,1-2H3. The molecular formula is C10H8F3NO2. The molecule has 0 bridgehead atoms. The minimum Gasteiger partial charge on any atom is -0.293 e. The third-order valence-corrected chi connectivity index (χ3v) is 1.87. The number of rotatable bonds is 2. The number of pyridine rings is 1. The van der Waals surface area contributed by atoms with E-state index in [1.54, 1.807) is 0 Å². The van der Waals surface area contributed by atoms with Crippen LogP contribution in [0.4, 0.5) is 13.2 Å². The van der Waals surface area contributed by atoms with Crippen molar-refractivity contribution in [1.29, 1.82) is 0 Å². The fraction of sp³-hybridized carbons (Fsp3) is 0.300. The molecule has 86 valence electrons. The summed E-state index contributed by atoms with van der Waals surface area (Å²) in [7, 11) is 0. The van der Waals surface area contributed by atoms with Gasteiger partial charge in [0.15, 0.2) is 11.6 Å². The van der Waals surface area contributed by atoms with E-state index in [0.29, 0.717) is 12.1 Å². The lowest BCUT2D eigenvalue weighted by Gasteiger charge is -2.08. The zero-order valence-corrected chi connectivity index (χ0v) is 8.55. The van der Waals surface area contributed by atoms with Crippen molar-refractivity contribution in [2.75, 3.05) is 0 Å². The molecule has 16 heavy (non-hydrogen) atoms. The molecule has 6 heteroatoms. The average Bonchev–Trinajstić information content (AvgIpc) is 2.15. The summed E-state index contributed by atoms with van der Waals surface area (Å²) in [6.07, 6.45) is -4.60. The molecule has 1 rings (SSSR count). The second-order valence-electron chi connectivity index (χ2n) is 3.24. The summed E-state index contributed by atoms with van der Waals surface area (Å²) < 4.78 is 37.3. The van der Waals surface area contributed by atoms with Crippen LogP contribution in [0.5, 0.6) is 0 Å². The summed E-state index contributed by atoms with van der Waals surface area (Å²) in [5.74, 6) is -1.23. The first-order valence-corrected chi connectivity index (χ1v) is 4.33. The van der Waals surface area contributed by atoms with Gasteiger partial charge in [-0.1, -0.05) is 0 Å². The van der Waals surface area contributed by atoms with Crippen LogP contribution in [-0.4, -0.2) is 16.6 Å². The molecule has 0 atom stereocenters. The van der Waals surface area contributed by atoms with E-state index < -0.39 is 23.3 Å². The zero-order chi connectivity index (χ0) is 12.5. The number of halogens is 3. The molecule has 1 aromatic heterocycles. The number of aromatic nitrogens is 1. The highest BCUT2D eigenvalue weighted by atomic mass is 19.4. The Morgan fingerprint density at radius 3 is 1.69 bits per heavy atom. The van der Waals surface area contributed by atoms with Crippen LogP contribution in [0, 0.1) is 0 Å². The first kappa shape index (κ1) is 12.4. The van der Waals surface area contributed by atoms with Crippen LogP contribution >= 0.6 is 0 Å². The Labute approximate surface area is 89.3 Å². The van der Waals surface area contributed by atoms with Gasteiger partial charge in [0.1, 0.15) is 11.4 Å². The van der Waals surface area contributed by atoms with Gasteiger partial charge in [0.2, 0.25) is 0 Å². The summed E-state index contributed by atoms with van der Waals surface area (Å²) in [6, 6.07) is 1.27. The Balaban J connectivity index is 3.42. The van der Waals surface area contributed by atoms with Crippen LogP contribution in [0.25, 0.3) is 0 Å². The Kier molecular flexibility index (Phi) is 3.11. The van der Waals surface area contributed by atoms with Crippen molar-refractivity contribution in [3.63, 3.8) is 0 Å². The topological polar surface area (TPSA) is 47.0 Å². The largest absolute Gasteiger partial charge is 0.416 e. The molecule has 0 N–H and O–H groups in total. The molecule has 1 heterocycles. The Morgan fingerprint density at radius 1 is 1.06 bits per heavy atom. The lowest BCUT2D eigenvalue weighted by atomic mass is 10.1. The summed E-state index contributed by atoms with van der Waals surface area (Å²) in [5, 5.41) is 0. The minimum atomic E-state index is -4.60. The van der Waals surface area contributed by atoms with Crippen LogP contribution in [0.3, 0.4) is 0 Å². The molecule has 1 aromatic rings. The van der Waals surface area contributed by atoms with Crippen LogP contribution in [0.15, 0.2) is 12.1 Å². The van der Waals surface area contributed by atoms with Gasteiger partial charge in [0, 0.05) is 13.8 Å². The van der Waals surface area contributed by atoms with Crippen molar-refractivity contribution in [2.24, 2.45) is 0 Å². The van der Waals surface area contributed by atoms with Crippen molar-refractivity contribution in [3.8, 4) is 0 Å². The maximum absolute atomic E-state index is 12.4. The van der Waals surface area contributed by atoms with Crippen molar-refractivity contribution >= 4 is 11.6 Å². The van der Waals surface area contributed by atoms with E-state index in [2.05, 4.69) is 4.98 Å². The SMILES string of the molecule is CC(=O)c1cc(C(F)(F)F)cc(C(C)=O)n1. The first-order valence-electron chi connectivity index (χ1n) is 4.33. The molecule has 0 saturated carbocycles. The minimum absolute atomic E-state index is 0.361. The van der Waals surface area contributed by atoms with Gasteiger partial charge in [-0.15, -0.1) is 0 Å². The zero-order valence-electron chi connectivity index (χ0n) is 8.55. The Bertz CT molecular complexity index is 420. The van der Waals surface area contributed by atoms with E-state index in [4.69, 9.17) is 0 Å². The normalized spacial score (nSPS) is 11.3. The molecule has 0 radical (unpaired) electrons. The van der Waals surface area contributed by atoms with Crippen LogP contribution in [0.1, 0.15) is 40.4 Å². The van der Waals surface area contributed by atoms with Gasteiger partial charge in [-0.05, 0) is 12.1 Å². The van der Waals surface area contributed by atoms with E-state index in [-0.39, 0.29) is 11.4 Å². The molecule has 0 spiro atoms. The summed E-state index contributed by atoms with van der Waals surface area (Å²) in [4.78, 5) is 25.5. The predicted octanol–water partition coefficient (Wildman–Crippen LogP) is 2.51. The highest BCUT2D eigenvalue weighted by molar-refractivity contribution is 5.96. The number of hydrogen-bond acceptors (Lipinski definition) is 3. The molecule has 3 nitrogen and oxygen atoms in total. The van der Waals surface area contributed by atoms with E-state index in [0.717, 1.165) is 13.8 Å². The lowest BCUT2D eigenvalue weighted by Crippen LogP contribution is -2.12.